The molecule has 3 aromatic rings. The van der Waals surface area contributed by atoms with E-state index in [1.807, 2.05) is 13.8 Å². The lowest BCUT2D eigenvalue weighted by atomic mass is 10.0. The van der Waals surface area contributed by atoms with E-state index in [2.05, 4.69) is 10.9 Å². The van der Waals surface area contributed by atoms with Gasteiger partial charge in [0.05, 0.1) is 22.7 Å². The number of hydrogen-bond acceptors (Lipinski definition) is 4. The summed E-state index contributed by atoms with van der Waals surface area (Å²) < 4.78 is 1.55. The van der Waals surface area contributed by atoms with Gasteiger partial charge in [0, 0.05) is 17.0 Å². The average Bonchev–Trinajstić information content (AvgIpc) is 2.61. The highest BCUT2D eigenvalue weighted by Gasteiger charge is 2.20. The Bertz CT molecular complexity index is 1070. The van der Waals surface area contributed by atoms with Crippen molar-refractivity contribution in [3.8, 4) is 23.8 Å². The zero-order chi connectivity index (χ0) is 19.0. The van der Waals surface area contributed by atoms with Gasteiger partial charge in [0.2, 0.25) is 0 Å². The Kier molecular flexibility index (Phi) is 4.54. The molecule has 0 bridgehead atoms. The number of aliphatic hydroxyl groups is 1. The molecule has 2 N–H and O–H groups in total. The van der Waals surface area contributed by atoms with Gasteiger partial charge in [-0.3, -0.25) is 9.36 Å². The van der Waals surface area contributed by atoms with E-state index < -0.39 is 6.10 Å². The van der Waals surface area contributed by atoms with Crippen LogP contribution in [0.15, 0.2) is 41.2 Å². The monoisotopic (exact) mass is 348 g/mol. The molecule has 0 fully saturated rings. The molecule has 0 radical (unpaired) electrons. The lowest BCUT2D eigenvalue weighted by molar-refractivity contribution is 0.196. The lowest BCUT2D eigenvalue weighted by Gasteiger charge is -2.18. The minimum atomic E-state index is -0.948. The Balaban J connectivity index is 2.42. The summed E-state index contributed by atoms with van der Waals surface area (Å²) in [5.74, 6) is 2.97. The highest BCUT2D eigenvalue weighted by atomic mass is 16.3. The molecular weight excluding hydrogens is 328 g/mol. The summed E-state index contributed by atoms with van der Waals surface area (Å²) in [4.78, 5) is 17.9. The maximum Gasteiger partial charge on any atom is 0.265 e. The average molecular weight is 348 g/mol. The van der Waals surface area contributed by atoms with E-state index in [-0.39, 0.29) is 22.8 Å². The number of phenolic OH excluding ortho intramolecular Hbond substituents is 1. The SMILES string of the molecule is C#Cc1ccc(-n2c(C(C)C)nc3c(C(C)O)c(O)ccc3c2=O)cc1. The van der Waals surface area contributed by atoms with Gasteiger partial charge >= 0.3 is 0 Å². The van der Waals surface area contributed by atoms with E-state index in [0.717, 1.165) is 5.56 Å². The van der Waals surface area contributed by atoms with Crippen molar-refractivity contribution >= 4 is 10.9 Å². The van der Waals surface area contributed by atoms with Gasteiger partial charge < -0.3 is 10.2 Å². The summed E-state index contributed by atoms with van der Waals surface area (Å²) in [5, 5.41) is 20.5. The van der Waals surface area contributed by atoms with E-state index in [9.17, 15) is 15.0 Å². The first-order valence-corrected chi connectivity index (χ1v) is 8.38. The van der Waals surface area contributed by atoms with E-state index in [0.29, 0.717) is 22.4 Å². The Morgan fingerprint density at radius 1 is 1.12 bits per heavy atom. The molecule has 0 saturated carbocycles. The van der Waals surface area contributed by atoms with Crippen molar-refractivity contribution in [2.24, 2.45) is 0 Å². The number of phenols is 1. The quantitative estimate of drug-likeness (QED) is 0.713. The predicted octanol–water partition coefficient (Wildman–Crippen LogP) is 3.25. The van der Waals surface area contributed by atoms with E-state index in [1.165, 1.54) is 19.1 Å². The number of rotatable bonds is 3. The van der Waals surface area contributed by atoms with Crippen molar-refractivity contribution in [2.45, 2.75) is 32.8 Å². The van der Waals surface area contributed by atoms with Crippen molar-refractivity contribution in [3.63, 3.8) is 0 Å². The van der Waals surface area contributed by atoms with Gasteiger partial charge in [0.15, 0.2) is 0 Å². The number of aromatic hydroxyl groups is 1. The van der Waals surface area contributed by atoms with Crippen LogP contribution in [0.25, 0.3) is 16.6 Å². The number of terminal acetylenes is 1. The maximum absolute atomic E-state index is 13.2. The normalized spacial score (nSPS) is 12.3. The van der Waals surface area contributed by atoms with Gasteiger partial charge in [0.25, 0.3) is 5.56 Å². The molecule has 1 unspecified atom stereocenters. The lowest BCUT2D eigenvalue weighted by Crippen LogP contribution is -2.25. The fraction of sp³-hybridized carbons (Fsp3) is 0.238. The van der Waals surface area contributed by atoms with E-state index in [4.69, 9.17) is 6.42 Å². The third-order valence-corrected chi connectivity index (χ3v) is 4.31. The number of aromatic nitrogens is 2. The summed E-state index contributed by atoms with van der Waals surface area (Å²) >= 11 is 0. The topological polar surface area (TPSA) is 75.3 Å². The zero-order valence-electron chi connectivity index (χ0n) is 14.9. The minimum Gasteiger partial charge on any atom is -0.507 e. The van der Waals surface area contributed by atoms with Crippen molar-refractivity contribution < 1.29 is 10.2 Å². The van der Waals surface area contributed by atoms with Crippen LogP contribution < -0.4 is 5.56 Å². The van der Waals surface area contributed by atoms with Crippen LogP contribution >= 0.6 is 0 Å². The molecule has 5 nitrogen and oxygen atoms in total. The highest BCUT2D eigenvalue weighted by molar-refractivity contribution is 5.84. The van der Waals surface area contributed by atoms with Gasteiger partial charge in [-0.25, -0.2) is 4.98 Å². The second-order valence-electron chi connectivity index (χ2n) is 6.53. The Labute approximate surface area is 151 Å². The summed E-state index contributed by atoms with van der Waals surface area (Å²) in [6, 6.07) is 10.1. The van der Waals surface area contributed by atoms with Crippen molar-refractivity contribution in [1.29, 1.82) is 0 Å². The standard InChI is InChI=1S/C21H20N2O3/c1-5-14-6-8-15(9-7-14)23-20(12(2)3)22-19-16(21(23)26)10-11-17(25)18(19)13(4)24/h1,6-13,24-25H,2-4H3. The summed E-state index contributed by atoms with van der Waals surface area (Å²) in [6.45, 7) is 5.41. The molecule has 132 valence electrons. The predicted molar refractivity (Wildman–Crippen MR) is 102 cm³/mol. The van der Waals surface area contributed by atoms with Crippen LogP contribution in [0.5, 0.6) is 5.75 Å². The second kappa shape index (κ2) is 6.66. The first-order chi connectivity index (χ1) is 12.3. The molecule has 26 heavy (non-hydrogen) atoms. The smallest absolute Gasteiger partial charge is 0.265 e. The van der Waals surface area contributed by atoms with Gasteiger partial charge in [-0.1, -0.05) is 19.8 Å². The molecule has 0 aliphatic heterocycles. The largest absolute Gasteiger partial charge is 0.507 e. The molecule has 0 aliphatic carbocycles. The molecular formula is C21H20N2O3. The summed E-state index contributed by atoms with van der Waals surface area (Å²) in [7, 11) is 0. The second-order valence-corrected chi connectivity index (χ2v) is 6.53. The van der Waals surface area contributed by atoms with Gasteiger partial charge in [-0.05, 0) is 43.3 Å². The van der Waals surface area contributed by atoms with Gasteiger partial charge in [-0.15, -0.1) is 6.42 Å². The molecule has 1 aromatic heterocycles. The molecule has 2 aromatic carbocycles. The van der Waals surface area contributed by atoms with Crippen LogP contribution in [-0.2, 0) is 0 Å². The van der Waals surface area contributed by atoms with Crippen LogP contribution in [0.1, 0.15) is 49.7 Å². The van der Waals surface area contributed by atoms with Gasteiger partial charge in [0.1, 0.15) is 11.6 Å². The van der Waals surface area contributed by atoms with Crippen LogP contribution in [0.3, 0.4) is 0 Å². The Morgan fingerprint density at radius 2 is 1.77 bits per heavy atom. The van der Waals surface area contributed by atoms with Crippen molar-refractivity contribution in [1.82, 2.24) is 9.55 Å². The molecule has 3 rings (SSSR count). The first kappa shape index (κ1) is 17.7. The molecule has 0 spiro atoms. The maximum atomic E-state index is 13.2. The number of nitrogens with zero attached hydrogens (tertiary/aromatic N) is 2. The highest BCUT2D eigenvalue weighted by Crippen LogP contribution is 2.31. The summed E-state index contributed by atoms with van der Waals surface area (Å²) in [5.41, 5.74) is 1.72. The zero-order valence-corrected chi connectivity index (χ0v) is 14.9. The van der Waals surface area contributed by atoms with Crippen molar-refractivity contribution in [2.75, 3.05) is 0 Å². The Morgan fingerprint density at radius 3 is 2.31 bits per heavy atom. The number of aliphatic hydroxyl groups excluding tert-OH is 1. The van der Waals surface area contributed by atoms with Gasteiger partial charge in [-0.2, -0.15) is 0 Å². The van der Waals surface area contributed by atoms with E-state index in [1.54, 1.807) is 28.8 Å². The number of benzene rings is 2. The molecule has 1 heterocycles. The number of hydrogen-bond donors (Lipinski definition) is 2. The molecule has 0 amide bonds. The van der Waals surface area contributed by atoms with Crippen LogP contribution in [-0.4, -0.2) is 19.8 Å². The molecule has 1 atom stereocenters. The molecule has 0 aliphatic rings. The third kappa shape index (κ3) is 2.85. The third-order valence-electron chi connectivity index (χ3n) is 4.31. The molecule has 0 saturated heterocycles. The van der Waals surface area contributed by atoms with E-state index >= 15 is 0 Å². The fourth-order valence-electron chi connectivity index (χ4n) is 3.03. The van der Waals surface area contributed by atoms with Crippen molar-refractivity contribution in [3.05, 3.63) is 63.7 Å². The minimum absolute atomic E-state index is 0.0522. The summed E-state index contributed by atoms with van der Waals surface area (Å²) in [6.07, 6.45) is 4.45. The van der Waals surface area contributed by atoms with Crippen LogP contribution in [0.4, 0.5) is 0 Å². The first-order valence-electron chi connectivity index (χ1n) is 8.38. The molecule has 5 heteroatoms. The van der Waals surface area contributed by atoms with Crippen LogP contribution in [0.2, 0.25) is 0 Å². The Hall–Kier alpha value is -3.10. The fourth-order valence-corrected chi connectivity index (χ4v) is 3.03. The van der Waals surface area contributed by atoms with Crippen LogP contribution in [0, 0.1) is 12.3 Å². The number of fused-ring (bicyclic) bond motifs is 1.